The van der Waals surface area contributed by atoms with E-state index >= 15 is 0 Å². The first-order valence-electron chi connectivity index (χ1n) is 7.88. The van der Waals surface area contributed by atoms with Crippen molar-refractivity contribution < 1.29 is 19.0 Å². The molecule has 0 N–H and O–H groups in total. The van der Waals surface area contributed by atoms with Gasteiger partial charge in [0, 0.05) is 18.2 Å². The smallest absolute Gasteiger partial charge is 0.309 e. The minimum absolute atomic E-state index is 0.0377. The number of rotatable bonds is 6. The molecule has 5 nitrogen and oxygen atoms in total. The Balaban J connectivity index is 1.99. The molecule has 1 aromatic rings. The van der Waals surface area contributed by atoms with Crippen molar-refractivity contribution in [2.75, 3.05) is 33.9 Å². The highest BCUT2D eigenvalue weighted by Crippen LogP contribution is 2.34. The summed E-state index contributed by atoms with van der Waals surface area (Å²) >= 11 is 3.52. The van der Waals surface area contributed by atoms with Crippen molar-refractivity contribution in [2.24, 2.45) is 5.92 Å². The van der Waals surface area contributed by atoms with Gasteiger partial charge in [-0.05, 0) is 54.9 Å². The van der Waals surface area contributed by atoms with Gasteiger partial charge in [-0.15, -0.1) is 0 Å². The molecule has 2 rings (SSSR count). The molecule has 1 aliphatic heterocycles. The molecule has 0 aliphatic carbocycles. The van der Waals surface area contributed by atoms with Gasteiger partial charge in [-0.1, -0.05) is 0 Å². The standard InChI is InChI=1S/C17H24BrNO4/c1-4-23-17(20)12-5-7-19(8-6-12)11-13-9-14(18)16(22-3)10-15(13)21-2/h9-10,12H,4-8,11H2,1-3H3. The van der Waals surface area contributed by atoms with Gasteiger partial charge in [0.15, 0.2) is 0 Å². The van der Waals surface area contributed by atoms with Crippen molar-refractivity contribution in [3.8, 4) is 11.5 Å². The predicted octanol–water partition coefficient (Wildman–Crippen LogP) is 3.24. The van der Waals surface area contributed by atoms with Gasteiger partial charge in [-0.25, -0.2) is 0 Å². The molecule has 23 heavy (non-hydrogen) atoms. The number of nitrogens with zero attached hydrogens (tertiary/aromatic N) is 1. The number of hydrogen-bond donors (Lipinski definition) is 0. The van der Waals surface area contributed by atoms with E-state index in [0.29, 0.717) is 6.61 Å². The third-order valence-electron chi connectivity index (χ3n) is 4.16. The van der Waals surface area contributed by atoms with E-state index in [1.165, 1.54) is 0 Å². The summed E-state index contributed by atoms with van der Waals surface area (Å²) in [5, 5.41) is 0. The largest absolute Gasteiger partial charge is 0.496 e. The zero-order chi connectivity index (χ0) is 16.8. The lowest BCUT2D eigenvalue weighted by Gasteiger charge is -2.31. The molecule has 1 saturated heterocycles. The van der Waals surface area contributed by atoms with E-state index in [0.717, 1.165) is 54.0 Å². The molecule has 0 radical (unpaired) electrons. The van der Waals surface area contributed by atoms with Crippen molar-refractivity contribution in [1.82, 2.24) is 4.90 Å². The number of benzene rings is 1. The summed E-state index contributed by atoms with van der Waals surface area (Å²) < 4.78 is 16.8. The Morgan fingerprint density at radius 3 is 2.43 bits per heavy atom. The van der Waals surface area contributed by atoms with Gasteiger partial charge < -0.3 is 14.2 Å². The molecule has 6 heteroatoms. The van der Waals surface area contributed by atoms with Gasteiger partial charge in [0.1, 0.15) is 11.5 Å². The molecular weight excluding hydrogens is 362 g/mol. The van der Waals surface area contributed by atoms with E-state index in [1.807, 2.05) is 19.1 Å². The Labute approximate surface area is 146 Å². The van der Waals surface area contributed by atoms with E-state index in [2.05, 4.69) is 20.8 Å². The maximum atomic E-state index is 11.8. The van der Waals surface area contributed by atoms with E-state index in [1.54, 1.807) is 14.2 Å². The van der Waals surface area contributed by atoms with Crippen LogP contribution >= 0.6 is 15.9 Å². The van der Waals surface area contributed by atoms with Crippen LogP contribution in [0.25, 0.3) is 0 Å². The molecular formula is C17H24BrNO4. The Morgan fingerprint density at radius 2 is 1.87 bits per heavy atom. The van der Waals surface area contributed by atoms with Crippen molar-refractivity contribution in [1.29, 1.82) is 0 Å². The molecule has 1 aromatic carbocycles. The summed E-state index contributed by atoms with van der Waals surface area (Å²) in [6.07, 6.45) is 1.69. The Morgan fingerprint density at radius 1 is 1.22 bits per heavy atom. The van der Waals surface area contributed by atoms with Crippen LogP contribution in [0.2, 0.25) is 0 Å². The molecule has 0 atom stereocenters. The number of methoxy groups -OCH3 is 2. The number of ether oxygens (including phenoxy) is 3. The van der Waals surface area contributed by atoms with Crippen LogP contribution in [-0.4, -0.2) is 44.8 Å². The van der Waals surface area contributed by atoms with Crippen LogP contribution in [0.3, 0.4) is 0 Å². The summed E-state index contributed by atoms with van der Waals surface area (Å²) in [5.41, 5.74) is 1.11. The minimum Gasteiger partial charge on any atom is -0.496 e. The molecule has 0 aromatic heterocycles. The van der Waals surface area contributed by atoms with E-state index < -0.39 is 0 Å². The third-order valence-corrected chi connectivity index (χ3v) is 4.78. The first-order valence-corrected chi connectivity index (χ1v) is 8.67. The highest BCUT2D eigenvalue weighted by Gasteiger charge is 2.26. The zero-order valence-electron chi connectivity index (χ0n) is 13.9. The summed E-state index contributed by atoms with van der Waals surface area (Å²) in [5.74, 6) is 1.55. The fraction of sp³-hybridized carbons (Fsp3) is 0.588. The lowest BCUT2D eigenvalue weighted by atomic mass is 9.96. The Bertz CT molecular complexity index is 542. The second-order valence-electron chi connectivity index (χ2n) is 5.60. The third kappa shape index (κ3) is 4.61. The van der Waals surface area contributed by atoms with Crippen LogP contribution in [0, 0.1) is 5.92 Å². The second-order valence-corrected chi connectivity index (χ2v) is 6.46. The average Bonchev–Trinajstić information content (AvgIpc) is 2.56. The second kappa shape index (κ2) is 8.55. The fourth-order valence-corrected chi connectivity index (χ4v) is 3.43. The number of piperidine rings is 1. The quantitative estimate of drug-likeness (QED) is 0.703. The number of carbonyl (C=O) groups is 1. The first kappa shape index (κ1) is 18.1. The summed E-state index contributed by atoms with van der Waals surface area (Å²) in [6, 6.07) is 3.93. The maximum absolute atomic E-state index is 11.8. The van der Waals surface area contributed by atoms with Gasteiger partial charge in [0.2, 0.25) is 0 Å². The molecule has 0 bridgehead atoms. The molecule has 0 amide bonds. The monoisotopic (exact) mass is 385 g/mol. The van der Waals surface area contributed by atoms with E-state index in [9.17, 15) is 4.79 Å². The average molecular weight is 386 g/mol. The lowest BCUT2D eigenvalue weighted by Crippen LogP contribution is -2.36. The van der Waals surface area contributed by atoms with Crippen molar-refractivity contribution in [3.05, 3.63) is 22.2 Å². The fourth-order valence-electron chi connectivity index (χ4n) is 2.87. The van der Waals surface area contributed by atoms with Crippen LogP contribution in [-0.2, 0) is 16.1 Å². The lowest BCUT2D eigenvalue weighted by molar-refractivity contribution is -0.149. The van der Waals surface area contributed by atoms with Crippen LogP contribution in [0.1, 0.15) is 25.3 Å². The predicted molar refractivity (Wildman–Crippen MR) is 91.9 cm³/mol. The summed E-state index contributed by atoms with van der Waals surface area (Å²) in [6.45, 7) is 4.87. The molecule has 0 unspecified atom stereocenters. The molecule has 1 heterocycles. The maximum Gasteiger partial charge on any atom is 0.309 e. The topological polar surface area (TPSA) is 48.0 Å². The minimum atomic E-state index is -0.0584. The molecule has 0 spiro atoms. The zero-order valence-corrected chi connectivity index (χ0v) is 15.5. The number of hydrogen-bond acceptors (Lipinski definition) is 5. The molecule has 1 fully saturated rings. The van der Waals surface area contributed by atoms with Crippen LogP contribution in [0.15, 0.2) is 16.6 Å². The van der Waals surface area contributed by atoms with E-state index in [-0.39, 0.29) is 11.9 Å². The first-order chi connectivity index (χ1) is 11.1. The molecule has 0 saturated carbocycles. The molecule has 128 valence electrons. The van der Waals surface area contributed by atoms with Gasteiger partial charge in [-0.2, -0.15) is 0 Å². The van der Waals surface area contributed by atoms with Crippen molar-refractivity contribution in [2.45, 2.75) is 26.3 Å². The van der Waals surface area contributed by atoms with Gasteiger partial charge >= 0.3 is 5.97 Å². The van der Waals surface area contributed by atoms with E-state index in [4.69, 9.17) is 14.2 Å². The number of carbonyl (C=O) groups excluding carboxylic acids is 1. The Hall–Kier alpha value is -1.27. The number of likely N-dealkylation sites (tertiary alicyclic amines) is 1. The SMILES string of the molecule is CCOC(=O)C1CCN(Cc2cc(Br)c(OC)cc2OC)CC1. The number of halogens is 1. The van der Waals surface area contributed by atoms with Gasteiger partial charge in [0.25, 0.3) is 0 Å². The Kier molecular flexibility index (Phi) is 6.72. The summed E-state index contributed by atoms with van der Waals surface area (Å²) in [7, 11) is 3.30. The van der Waals surface area contributed by atoms with Gasteiger partial charge in [0.05, 0.1) is 31.2 Å². The van der Waals surface area contributed by atoms with Crippen molar-refractivity contribution in [3.63, 3.8) is 0 Å². The normalized spacial score (nSPS) is 16.2. The van der Waals surface area contributed by atoms with Crippen molar-refractivity contribution >= 4 is 21.9 Å². The van der Waals surface area contributed by atoms with Gasteiger partial charge in [-0.3, -0.25) is 9.69 Å². The summed E-state index contributed by atoms with van der Waals surface area (Å²) in [4.78, 5) is 14.1. The van der Waals surface area contributed by atoms with Crippen LogP contribution in [0.5, 0.6) is 11.5 Å². The van der Waals surface area contributed by atoms with Crippen LogP contribution in [0.4, 0.5) is 0 Å². The number of esters is 1. The van der Waals surface area contributed by atoms with Crippen LogP contribution < -0.4 is 9.47 Å². The highest BCUT2D eigenvalue weighted by molar-refractivity contribution is 9.10. The molecule has 1 aliphatic rings. The highest BCUT2D eigenvalue weighted by atomic mass is 79.9.